The van der Waals surface area contributed by atoms with Crippen molar-refractivity contribution in [2.45, 2.75) is 63.8 Å². The number of ether oxygens (including phenoxy) is 1. The van der Waals surface area contributed by atoms with Gasteiger partial charge in [0.15, 0.2) is 5.60 Å². The first-order valence-corrected chi connectivity index (χ1v) is 12.3. The molecule has 1 aromatic rings. The van der Waals surface area contributed by atoms with E-state index in [4.69, 9.17) is 4.74 Å². The number of pyridine rings is 1. The van der Waals surface area contributed by atoms with Crippen LogP contribution in [0.4, 0.5) is 23.8 Å². The van der Waals surface area contributed by atoms with Gasteiger partial charge < -0.3 is 20.3 Å². The summed E-state index contributed by atoms with van der Waals surface area (Å²) in [5, 5.41) is 9.30. The van der Waals surface area contributed by atoms with Crippen molar-refractivity contribution in [3.05, 3.63) is 23.4 Å². The first-order chi connectivity index (χ1) is 17.4. The van der Waals surface area contributed by atoms with Crippen molar-refractivity contribution in [1.29, 1.82) is 0 Å². The van der Waals surface area contributed by atoms with E-state index in [0.717, 1.165) is 5.56 Å². The number of hydrogen-bond donors (Lipinski definition) is 3. The molecular formula is C24H31F3N6O4. The van der Waals surface area contributed by atoms with Crippen molar-refractivity contribution < 1.29 is 32.3 Å². The second-order valence-electron chi connectivity index (χ2n) is 10.1. The van der Waals surface area contributed by atoms with E-state index in [0.29, 0.717) is 49.2 Å². The topological polar surface area (TPSA) is 125 Å². The van der Waals surface area contributed by atoms with Gasteiger partial charge in [-0.05, 0) is 63.5 Å². The number of anilines is 1. The lowest BCUT2D eigenvalue weighted by molar-refractivity contribution is -0.180. The predicted molar refractivity (Wildman–Crippen MR) is 128 cm³/mol. The molecule has 1 aromatic heterocycles. The number of amides is 3. The van der Waals surface area contributed by atoms with Crippen LogP contribution in [0.2, 0.25) is 0 Å². The van der Waals surface area contributed by atoms with E-state index in [1.165, 1.54) is 7.05 Å². The normalized spacial score (nSPS) is 24.9. The lowest BCUT2D eigenvalue weighted by Gasteiger charge is -2.43. The average Bonchev–Trinajstić information content (AvgIpc) is 2.79. The monoisotopic (exact) mass is 524 g/mol. The zero-order valence-electron chi connectivity index (χ0n) is 20.9. The number of halogens is 3. The number of hydrogen-bond acceptors (Lipinski definition) is 7. The smallest absolute Gasteiger partial charge is 0.428 e. The molecule has 0 bridgehead atoms. The molecule has 1 spiro atoms. The van der Waals surface area contributed by atoms with Gasteiger partial charge >= 0.3 is 24.1 Å². The summed E-state index contributed by atoms with van der Waals surface area (Å²) in [6.07, 6.45) is -0.156. The quantitative estimate of drug-likeness (QED) is 0.508. The second kappa shape index (κ2) is 10.2. The van der Waals surface area contributed by atoms with E-state index >= 15 is 0 Å². The van der Waals surface area contributed by atoms with Crippen LogP contribution in [0.25, 0.3) is 0 Å². The summed E-state index contributed by atoms with van der Waals surface area (Å²) >= 11 is 0. The second-order valence-corrected chi connectivity index (χ2v) is 10.1. The minimum atomic E-state index is -4.21. The van der Waals surface area contributed by atoms with Gasteiger partial charge in [0, 0.05) is 37.9 Å². The summed E-state index contributed by atoms with van der Waals surface area (Å²) in [7, 11) is 1.39. The number of alkyl halides is 3. The predicted octanol–water partition coefficient (Wildman–Crippen LogP) is 2.40. The Morgan fingerprint density at radius 1 is 1.27 bits per heavy atom. The van der Waals surface area contributed by atoms with Crippen LogP contribution < -0.4 is 21.0 Å². The molecule has 1 saturated heterocycles. The molecule has 0 aromatic carbocycles. The van der Waals surface area contributed by atoms with E-state index in [2.05, 4.69) is 26.1 Å². The Kier molecular flexibility index (Phi) is 7.33. The van der Waals surface area contributed by atoms with Crippen LogP contribution in [0.1, 0.15) is 50.2 Å². The summed E-state index contributed by atoms with van der Waals surface area (Å²) in [5.74, 6) is -2.01. The maximum atomic E-state index is 12.9. The number of aryl methyl sites for hydroxylation is 1. The molecule has 37 heavy (non-hydrogen) atoms. The van der Waals surface area contributed by atoms with Gasteiger partial charge in [0.25, 0.3) is 0 Å². The highest BCUT2D eigenvalue weighted by atomic mass is 19.4. The number of aromatic nitrogens is 1. The number of nitrogens with zero attached hydrogens (tertiary/aromatic N) is 3. The fourth-order valence-electron chi connectivity index (χ4n) is 5.27. The number of carbonyl (C=O) groups is 3. The van der Waals surface area contributed by atoms with E-state index in [1.807, 2.05) is 13.8 Å². The highest BCUT2D eigenvalue weighted by Gasteiger charge is 2.49. The fraction of sp³-hybridized carbons (Fsp3) is 0.625. The Morgan fingerprint density at radius 3 is 2.54 bits per heavy atom. The zero-order chi connectivity index (χ0) is 27.0. The van der Waals surface area contributed by atoms with Crippen molar-refractivity contribution in [1.82, 2.24) is 21.0 Å². The van der Waals surface area contributed by atoms with Crippen LogP contribution in [0.3, 0.4) is 0 Å². The highest BCUT2D eigenvalue weighted by Crippen LogP contribution is 2.41. The van der Waals surface area contributed by atoms with Gasteiger partial charge in [0.2, 0.25) is 0 Å². The number of rotatable bonds is 5. The van der Waals surface area contributed by atoms with Gasteiger partial charge in [0.05, 0.1) is 5.92 Å². The summed E-state index contributed by atoms with van der Waals surface area (Å²) in [6, 6.07) is 1.53. The Bertz CT molecular complexity index is 1090. The van der Waals surface area contributed by atoms with Crippen LogP contribution in [-0.4, -0.2) is 66.6 Å². The molecule has 1 saturated carbocycles. The molecule has 2 aliphatic heterocycles. The molecule has 10 nitrogen and oxygen atoms in total. The molecule has 1 aliphatic carbocycles. The molecule has 3 N–H and O–H groups in total. The third-order valence-electron chi connectivity index (χ3n) is 7.41. The van der Waals surface area contributed by atoms with Crippen molar-refractivity contribution in [3.8, 4) is 0 Å². The van der Waals surface area contributed by atoms with Crippen molar-refractivity contribution >= 4 is 29.4 Å². The molecule has 3 amide bonds. The molecule has 0 radical (unpaired) electrons. The van der Waals surface area contributed by atoms with E-state index in [1.54, 1.807) is 17.2 Å². The third kappa shape index (κ3) is 5.64. The maximum absolute atomic E-state index is 12.9. The SMILES string of the molecule is CNC(=O)C(=O)N[C@@H](C)CC1CCC2(CC1)OC(=O)NN=C2c1cnc(N2CC(C(F)(F)F)C2)cc1C. The minimum absolute atomic E-state index is 0.122. The molecule has 13 heteroatoms. The Labute approximate surface area is 212 Å². The van der Waals surface area contributed by atoms with E-state index < -0.39 is 35.6 Å². The molecule has 1 atom stereocenters. The lowest BCUT2D eigenvalue weighted by atomic mass is 9.72. The molecule has 202 valence electrons. The largest absolute Gasteiger partial charge is 0.435 e. The first-order valence-electron chi connectivity index (χ1n) is 12.3. The standard InChI is InChI=1S/C24H31F3N6O4/c1-13-8-18(33-11-16(12-33)24(25,26)27)29-10-17(13)19-23(37-22(36)32-31-19)6-4-15(5-7-23)9-14(2)30-21(35)20(34)28-3/h8,10,14-16H,4-7,9,11-12H2,1-3H3,(H,28,34)(H,30,35)(H,32,36)/t14-,15?,23?/m0/s1. The molecule has 3 heterocycles. The van der Waals surface area contributed by atoms with Crippen LogP contribution in [0.5, 0.6) is 0 Å². The zero-order valence-corrected chi connectivity index (χ0v) is 20.9. The number of likely N-dealkylation sites (N-methyl/N-ethyl adjacent to an activating group) is 1. The van der Waals surface area contributed by atoms with E-state index in [-0.39, 0.29) is 25.0 Å². The van der Waals surface area contributed by atoms with Crippen LogP contribution >= 0.6 is 0 Å². The molecular weight excluding hydrogens is 493 g/mol. The Hall–Kier alpha value is -3.38. The lowest BCUT2D eigenvalue weighted by Crippen LogP contribution is -2.54. The van der Waals surface area contributed by atoms with Crippen molar-refractivity contribution in [3.63, 3.8) is 0 Å². The maximum Gasteiger partial charge on any atom is 0.428 e. The van der Waals surface area contributed by atoms with Gasteiger partial charge in [-0.15, -0.1) is 0 Å². The van der Waals surface area contributed by atoms with Gasteiger partial charge in [-0.25, -0.2) is 15.2 Å². The Morgan fingerprint density at radius 2 is 1.95 bits per heavy atom. The van der Waals surface area contributed by atoms with E-state index in [9.17, 15) is 27.6 Å². The van der Waals surface area contributed by atoms with Gasteiger partial charge in [-0.1, -0.05) is 0 Å². The van der Waals surface area contributed by atoms with Crippen LogP contribution in [-0.2, 0) is 14.3 Å². The van der Waals surface area contributed by atoms with Crippen molar-refractivity contribution in [2.24, 2.45) is 16.9 Å². The van der Waals surface area contributed by atoms with Crippen LogP contribution in [0.15, 0.2) is 17.4 Å². The molecule has 3 aliphatic rings. The summed E-state index contributed by atoms with van der Waals surface area (Å²) < 4.78 is 44.4. The first kappa shape index (κ1) is 26.7. The highest BCUT2D eigenvalue weighted by molar-refractivity contribution is 6.35. The van der Waals surface area contributed by atoms with Crippen LogP contribution in [0, 0.1) is 18.8 Å². The number of carbonyl (C=O) groups excluding carboxylic acids is 3. The van der Waals surface area contributed by atoms with Gasteiger partial charge in [0.1, 0.15) is 11.5 Å². The van der Waals surface area contributed by atoms with Crippen molar-refractivity contribution in [2.75, 3.05) is 25.0 Å². The number of nitrogens with one attached hydrogen (secondary N) is 3. The third-order valence-corrected chi connectivity index (χ3v) is 7.41. The minimum Gasteiger partial charge on any atom is -0.435 e. The number of hydrazone groups is 1. The van der Waals surface area contributed by atoms with Gasteiger partial charge in [-0.2, -0.15) is 18.3 Å². The fourth-order valence-corrected chi connectivity index (χ4v) is 5.27. The molecule has 4 rings (SSSR count). The van der Waals surface area contributed by atoms with Gasteiger partial charge in [-0.3, -0.25) is 9.59 Å². The summed E-state index contributed by atoms with van der Waals surface area (Å²) in [4.78, 5) is 41.4. The Balaban J connectivity index is 1.43. The average molecular weight is 525 g/mol. The summed E-state index contributed by atoms with van der Waals surface area (Å²) in [5.41, 5.74) is 3.40. The molecule has 0 unspecified atom stereocenters. The molecule has 2 fully saturated rings. The summed E-state index contributed by atoms with van der Waals surface area (Å²) in [6.45, 7) is 3.43.